The van der Waals surface area contributed by atoms with Crippen molar-refractivity contribution >= 4 is 11.3 Å². The fraction of sp³-hybridized carbons (Fsp3) is 0.600. The van der Waals surface area contributed by atoms with Gasteiger partial charge in [-0.1, -0.05) is 24.6 Å². The Kier molecular flexibility index (Phi) is 5.00. The van der Waals surface area contributed by atoms with Crippen molar-refractivity contribution in [3.63, 3.8) is 0 Å². The van der Waals surface area contributed by atoms with Crippen LogP contribution >= 0.6 is 11.3 Å². The Balaban J connectivity index is 1.58. The quantitative estimate of drug-likeness (QED) is 0.889. The van der Waals surface area contributed by atoms with E-state index in [9.17, 15) is 0 Å². The van der Waals surface area contributed by atoms with Crippen LogP contribution in [0.5, 0.6) is 0 Å². The highest BCUT2D eigenvalue weighted by molar-refractivity contribution is 7.13. The number of hydrogen-bond acceptors (Lipinski definition) is 6. The molecule has 0 spiro atoms. The van der Waals surface area contributed by atoms with Gasteiger partial charge in [0.25, 0.3) is 5.89 Å². The zero-order chi connectivity index (χ0) is 14.5. The maximum absolute atomic E-state index is 5.35. The van der Waals surface area contributed by atoms with Gasteiger partial charge >= 0.3 is 0 Å². The lowest BCUT2D eigenvalue weighted by Crippen LogP contribution is -2.43. The Hall–Kier alpha value is -1.24. The largest absolute Gasteiger partial charge is 0.333 e. The molecule has 0 radical (unpaired) electrons. The first kappa shape index (κ1) is 14.7. The van der Waals surface area contributed by atoms with Gasteiger partial charge in [0.1, 0.15) is 0 Å². The molecular weight excluding hydrogens is 284 g/mol. The van der Waals surface area contributed by atoms with Gasteiger partial charge in [0.15, 0.2) is 5.82 Å². The molecule has 0 aliphatic carbocycles. The lowest BCUT2D eigenvalue weighted by Gasteiger charge is -2.29. The molecule has 1 atom stereocenters. The summed E-state index contributed by atoms with van der Waals surface area (Å²) in [7, 11) is 0. The van der Waals surface area contributed by atoms with E-state index in [1.54, 1.807) is 11.3 Å². The molecule has 1 saturated heterocycles. The van der Waals surface area contributed by atoms with Crippen molar-refractivity contribution in [2.75, 3.05) is 19.6 Å². The molecule has 0 saturated carbocycles. The normalized spacial score (nSPS) is 19.2. The molecule has 6 heteroatoms. The van der Waals surface area contributed by atoms with Crippen molar-refractivity contribution < 1.29 is 4.52 Å². The van der Waals surface area contributed by atoms with Crippen LogP contribution < -0.4 is 5.32 Å². The van der Waals surface area contributed by atoms with Gasteiger partial charge in [0.2, 0.25) is 0 Å². The zero-order valence-electron chi connectivity index (χ0n) is 12.4. The van der Waals surface area contributed by atoms with E-state index < -0.39 is 0 Å². The average molecular weight is 306 g/mol. The molecule has 1 aliphatic rings. The predicted molar refractivity (Wildman–Crippen MR) is 84.2 cm³/mol. The molecule has 0 amide bonds. The van der Waals surface area contributed by atoms with Gasteiger partial charge in [-0.3, -0.25) is 4.90 Å². The number of hydrogen-bond donors (Lipinski definition) is 1. The van der Waals surface area contributed by atoms with Crippen LogP contribution in [0.2, 0.25) is 0 Å². The molecule has 1 fully saturated rings. The summed E-state index contributed by atoms with van der Waals surface area (Å²) in [5.41, 5.74) is 0. The fourth-order valence-corrected chi connectivity index (χ4v) is 3.36. The third-order valence-electron chi connectivity index (χ3n) is 3.90. The molecule has 0 bridgehead atoms. The summed E-state index contributed by atoms with van der Waals surface area (Å²) >= 11 is 1.62. The zero-order valence-corrected chi connectivity index (χ0v) is 13.2. The van der Waals surface area contributed by atoms with Crippen molar-refractivity contribution in [1.82, 2.24) is 20.4 Å². The van der Waals surface area contributed by atoms with Crippen molar-refractivity contribution in [3.8, 4) is 10.8 Å². The highest BCUT2D eigenvalue weighted by atomic mass is 32.1. The van der Waals surface area contributed by atoms with Gasteiger partial charge in [-0.2, -0.15) is 4.98 Å². The molecular formula is C15H22N4OS. The van der Waals surface area contributed by atoms with E-state index >= 15 is 0 Å². The molecule has 5 nitrogen and oxygen atoms in total. The monoisotopic (exact) mass is 306 g/mol. The van der Waals surface area contributed by atoms with Crippen molar-refractivity contribution in [2.45, 2.75) is 38.8 Å². The number of likely N-dealkylation sites (N-methyl/N-ethyl adjacent to an activating group) is 1. The summed E-state index contributed by atoms with van der Waals surface area (Å²) < 4.78 is 5.35. The minimum absolute atomic E-state index is 0.599. The molecule has 2 aromatic rings. The number of thiophene rings is 1. The van der Waals surface area contributed by atoms with Gasteiger partial charge < -0.3 is 9.84 Å². The third-order valence-corrected chi connectivity index (χ3v) is 4.76. The molecule has 3 heterocycles. The van der Waals surface area contributed by atoms with E-state index in [1.165, 1.54) is 19.3 Å². The highest BCUT2D eigenvalue weighted by Gasteiger charge is 2.18. The van der Waals surface area contributed by atoms with Crippen molar-refractivity contribution in [3.05, 3.63) is 23.3 Å². The lowest BCUT2D eigenvalue weighted by atomic mass is 10.0. The maximum Gasteiger partial charge on any atom is 0.268 e. The van der Waals surface area contributed by atoms with Crippen LogP contribution in [-0.2, 0) is 6.54 Å². The first-order valence-corrected chi connectivity index (χ1v) is 8.55. The molecule has 2 aromatic heterocycles. The minimum Gasteiger partial charge on any atom is -0.333 e. The Morgan fingerprint density at radius 1 is 1.48 bits per heavy atom. The molecule has 1 N–H and O–H groups in total. The van der Waals surface area contributed by atoms with Crippen LogP contribution in [0.15, 0.2) is 22.0 Å². The lowest BCUT2D eigenvalue weighted by molar-refractivity contribution is 0.219. The molecule has 1 aliphatic heterocycles. The van der Waals surface area contributed by atoms with Crippen molar-refractivity contribution in [1.29, 1.82) is 0 Å². The molecule has 21 heavy (non-hydrogen) atoms. The fourth-order valence-electron chi connectivity index (χ4n) is 2.72. The van der Waals surface area contributed by atoms with E-state index in [4.69, 9.17) is 4.52 Å². The smallest absolute Gasteiger partial charge is 0.268 e. The Bertz CT molecular complexity index is 534. The van der Waals surface area contributed by atoms with Crippen LogP contribution in [0.25, 0.3) is 10.8 Å². The van der Waals surface area contributed by atoms with Crippen molar-refractivity contribution in [2.24, 2.45) is 0 Å². The maximum atomic E-state index is 5.35. The molecule has 3 rings (SSSR count). The summed E-state index contributed by atoms with van der Waals surface area (Å²) in [6.07, 6.45) is 3.90. The Labute approximate surface area is 129 Å². The first-order chi connectivity index (χ1) is 10.3. The minimum atomic E-state index is 0.599. The van der Waals surface area contributed by atoms with Gasteiger partial charge in [-0.05, 0) is 37.4 Å². The number of rotatable bonds is 6. The number of nitrogens with one attached hydrogen (secondary N) is 1. The number of nitrogens with zero attached hydrogens (tertiary/aromatic N) is 3. The molecule has 114 valence electrons. The van der Waals surface area contributed by atoms with E-state index in [1.807, 2.05) is 17.5 Å². The van der Waals surface area contributed by atoms with Gasteiger partial charge in [-0.25, -0.2) is 0 Å². The van der Waals surface area contributed by atoms with E-state index in [-0.39, 0.29) is 0 Å². The first-order valence-electron chi connectivity index (χ1n) is 7.67. The second kappa shape index (κ2) is 7.15. The number of piperidine rings is 1. The van der Waals surface area contributed by atoms with Crippen LogP contribution in [0, 0.1) is 0 Å². The van der Waals surface area contributed by atoms with Crippen LogP contribution in [0.4, 0.5) is 0 Å². The summed E-state index contributed by atoms with van der Waals surface area (Å²) in [5, 5.41) is 9.72. The van der Waals surface area contributed by atoms with Gasteiger partial charge in [0.05, 0.1) is 11.4 Å². The second-order valence-electron chi connectivity index (χ2n) is 5.47. The number of aromatic nitrogens is 2. The summed E-state index contributed by atoms with van der Waals surface area (Å²) in [6, 6.07) is 4.60. The van der Waals surface area contributed by atoms with E-state index in [2.05, 4.69) is 27.3 Å². The second-order valence-corrected chi connectivity index (χ2v) is 6.42. The Morgan fingerprint density at radius 3 is 3.14 bits per heavy atom. The predicted octanol–water partition coefficient (Wildman–Crippen LogP) is 2.76. The standard InChI is InChI=1S/C15H22N4OS/c1-2-19(10-12-6-3-4-8-16-12)11-14-17-15(20-18-14)13-7-5-9-21-13/h5,7,9,12,16H,2-4,6,8,10-11H2,1H3. The molecule has 0 aromatic carbocycles. The van der Waals surface area contributed by atoms with Crippen LogP contribution in [0.1, 0.15) is 32.0 Å². The van der Waals surface area contributed by atoms with E-state index in [0.717, 1.165) is 36.9 Å². The summed E-state index contributed by atoms with van der Waals surface area (Å²) in [6.45, 7) is 6.14. The highest BCUT2D eigenvalue weighted by Crippen LogP contribution is 2.22. The Morgan fingerprint density at radius 2 is 2.43 bits per heavy atom. The third kappa shape index (κ3) is 3.90. The van der Waals surface area contributed by atoms with Gasteiger partial charge in [0, 0.05) is 12.6 Å². The molecule has 1 unspecified atom stereocenters. The van der Waals surface area contributed by atoms with E-state index in [0.29, 0.717) is 11.9 Å². The average Bonchev–Trinajstić information content (AvgIpc) is 3.18. The van der Waals surface area contributed by atoms with Gasteiger partial charge in [-0.15, -0.1) is 11.3 Å². The van der Waals surface area contributed by atoms with Crippen LogP contribution in [0.3, 0.4) is 0 Å². The summed E-state index contributed by atoms with van der Waals surface area (Å²) in [5.74, 6) is 1.41. The topological polar surface area (TPSA) is 54.2 Å². The SMILES string of the molecule is CCN(Cc1noc(-c2cccs2)n1)CC1CCCCN1. The van der Waals surface area contributed by atoms with Crippen LogP contribution in [-0.4, -0.2) is 40.7 Å². The summed E-state index contributed by atoms with van der Waals surface area (Å²) in [4.78, 5) is 7.92.